The van der Waals surface area contributed by atoms with E-state index in [0.717, 1.165) is 0 Å². The summed E-state index contributed by atoms with van der Waals surface area (Å²) in [4.78, 5) is 19.1. The number of rotatable bonds is 10. The zero-order chi connectivity index (χ0) is 14.8. The standard InChI is InChI=1S/C12H21N5O3/c1-3-19-8-12-16-10(14-2)6-11(17-12)15-4-5-20-7-9(13)18/h6H,3-5,7-8H2,1-2H3,(H2,13,18)(H2,14,15,16,17). The molecule has 0 bridgehead atoms. The Labute approximate surface area is 118 Å². The molecule has 0 unspecified atom stereocenters. The highest BCUT2D eigenvalue weighted by Gasteiger charge is 2.04. The molecule has 1 amide bonds. The summed E-state index contributed by atoms with van der Waals surface area (Å²) >= 11 is 0. The topological polar surface area (TPSA) is 111 Å². The van der Waals surface area contributed by atoms with Crippen LogP contribution in [0.1, 0.15) is 12.7 Å². The van der Waals surface area contributed by atoms with Crippen LogP contribution in [0.5, 0.6) is 0 Å². The molecule has 0 spiro atoms. The number of anilines is 2. The van der Waals surface area contributed by atoms with Gasteiger partial charge in [-0.05, 0) is 6.92 Å². The molecular weight excluding hydrogens is 262 g/mol. The lowest BCUT2D eigenvalue weighted by Crippen LogP contribution is -2.21. The van der Waals surface area contributed by atoms with Crippen LogP contribution in [-0.2, 0) is 20.9 Å². The number of aromatic nitrogens is 2. The molecule has 1 aromatic rings. The van der Waals surface area contributed by atoms with Crippen molar-refractivity contribution in [3.05, 3.63) is 11.9 Å². The van der Waals surface area contributed by atoms with Crippen molar-refractivity contribution in [1.29, 1.82) is 0 Å². The molecule has 20 heavy (non-hydrogen) atoms. The zero-order valence-electron chi connectivity index (χ0n) is 11.8. The Morgan fingerprint density at radius 3 is 2.75 bits per heavy atom. The summed E-state index contributed by atoms with van der Waals surface area (Å²) in [5.74, 6) is 1.49. The number of carbonyl (C=O) groups excluding carboxylic acids is 1. The highest BCUT2D eigenvalue weighted by Crippen LogP contribution is 2.11. The Bertz CT molecular complexity index is 428. The lowest BCUT2D eigenvalue weighted by atomic mass is 10.4. The van der Waals surface area contributed by atoms with Crippen LogP contribution in [0.4, 0.5) is 11.6 Å². The quantitative estimate of drug-likeness (QED) is 0.517. The Morgan fingerprint density at radius 1 is 1.35 bits per heavy atom. The summed E-state index contributed by atoms with van der Waals surface area (Å²) in [6, 6.07) is 1.78. The zero-order valence-corrected chi connectivity index (χ0v) is 11.8. The predicted molar refractivity (Wildman–Crippen MR) is 75.4 cm³/mol. The summed E-state index contributed by atoms with van der Waals surface area (Å²) < 4.78 is 10.3. The summed E-state index contributed by atoms with van der Waals surface area (Å²) in [5.41, 5.74) is 4.96. The molecule has 0 aliphatic carbocycles. The van der Waals surface area contributed by atoms with E-state index in [1.165, 1.54) is 0 Å². The molecule has 4 N–H and O–H groups in total. The highest BCUT2D eigenvalue weighted by molar-refractivity contribution is 5.74. The van der Waals surface area contributed by atoms with Crippen LogP contribution in [-0.4, -0.2) is 49.3 Å². The van der Waals surface area contributed by atoms with Gasteiger partial charge < -0.3 is 25.8 Å². The van der Waals surface area contributed by atoms with Gasteiger partial charge in [-0.15, -0.1) is 0 Å². The third-order valence-electron chi connectivity index (χ3n) is 2.26. The third-order valence-corrected chi connectivity index (χ3v) is 2.26. The maximum Gasteiger partial charge on any atom is 0.243 e. The third kappa shape index (κ3) is 6.30. The van der Waals surface area contributed by atoms with Crippen LogP contribution >= 0.6 is 0 Å². The SMILES string of the molecule is CCOCc1nc(NC)cc(NCCOCC(N)=O)n1. The monoisotopic (exact) mass is 283 g/mol. The van der Waals surface area contributed by atoms with Crippen molar-refractivity contribution < 1.29 is 14.3 Å². The van der Waals surface area contributed by atoms with Crippen molar-refractivity contribution in [3.8, 4) is 0 Å². The maximum atomic E-state index is 10.5. The van der Waals surface area contributed by atoms with Gasteiger partial charge >= 0.3 is 0 Å². The van der Waals surface area contributed by atoms with E-state index >= 15 is 0 Å². The van der Waals surface area contributed by atoms with Crippen molar-refractivity contribution >= 4 is 17.5 Å². The first-order chi connectivity index (χ1) is 9.65. The first-order valence-electron chi connectivity index (χ1n) is 6.39. The first-order valence-corrected chi connectivity index (χ1v) is 6.39. The molecule has 0 fully saturated rings. The second kappa shape index (κ2) is 9.05. The fourth-order valence-electron chi connectivity index (χ4n) is 1.40. The number of carbonyl (C=O) groups is 1. The van der Waals surface area contributed by atoms with Crippen LogP contribution < -0.4 is 16.4 Å². The lowest BCUT2D eigenvalue weighted by Gasteiger charge is -2.10. The minimum Gasteiger partial charge on any atom is -0.374 e. The fourth-order valence-corrected chi connectivity index (χ4v) is 1.40. The number of nitrogens with zero attached hydrogens (tertiary/aromatic N) is 2. The molecular formula is C12H21N5O3. The van der Waals surface area contributed by atoms with Gasteiger partial charge in [0.1, 0.15) is 24.8 Å². The molecule has 0 radical (unpaired) electrons. The highest BCUT2D eigenvalue weighted by atomic mass is 16.5. The summed E-state index contributed by atoms with van der Waals surface area (Å²) in [7, 11) is 1.78. The van der Waals surface area contributed by atoms with Crippen molar-refractivity contribution in [2.45, 2.75) is 13.5 Å². The molecule has 0 aliphatic rings. The Morgan fingerprint density at radius 2 is 2.10 bits per heavy atom. The summed E-state index contributed by atoms with van der Waals surface area (Å²) in [5, 5.41) is 6.05. The number of hydrogen-bond acceptors (Lipinski definition) is 7. The van der Waals surface area contributed by atoms with Gasteiger partial charge in [0.05, 0.1) is 6.61 Å². The van der Waals surface area contributed by atoms with Gasteiger partial charge in [0.2, 0.25) is 5.91 Å². The maximum absolute atomic E-state index is 10.5. The van der Waals surface area contributed by atoms with Gasteiger partial charge in [-0.3, -0.25) is 4.79 Å². The number of nitrogens with two attached hydrogens (primary N) is 1. The van der Waals surface area contributed by atoms with Crippen LogP contribution in [0.25, 0.3) is 0 Å². The molecule has 0 aliphatic heterocycles. The smallest absolute Gasteiger partial charge is 0.243 e. The average Bonchev–Trinajstić information content (AvgIpc) is 2.44. The fraction of sp³-hybridized carbons (Fsp3) is 0.583. The van der Waals surface area contributed by atoms with E-state index in [1.807, 2.05) is 6.92 Å². The van der Waals surface area contributed by atoms with Crippen LogP contribution in [0.15, 0.2) is 6.07 Å². The van der Waals surface area contributed by atoms with Crippen molar-refractivity contribution in [3.63, 3.8) is 0 Å². The number of nitrogens with one attached hydrogen (secondary N) is 2. The normalized spacial score (nSPS) is 10.3. The van der Waals surface area contributed by atoms with E-state index in [0.29, 0.717) is 43.8 Å². The van der Waals surface area contributed by atoms with Gasteiger partial charge in [-0.2, -0.15) is 0 Å². The average molecular weight is 283 g/mol. The molecule has 112 valence electrons. The number of primary amides is 1. The molecule has 0 saturated carbocycles. The van der Waals surface area contributed by atoms with E-state index in [9.17, 15) is 4.79 Å². The lowest BCUT2D eigenvalue weighted by molar-refractivity contribution is -0.122. The van der Waals surface area contributed by atoms with E-state index in [1.54, 1.807) is 13.1 Å². The van der Waals surface area contributed by atoms with Crippen molar-refractivity contribution in [2.24, 2.45) is 5.73 Å². The Kier molecular flexibility index (Phi) is 7.30. The molecule has 8 heteroatoms. The second-order valence-electron chi connectivity index (χ2n) is 3.89. The van der Waals surface area contributed by atoms with E-state index in [4.69, 9.17) is 15.2 Å². The largest absolute Gasteiger partial charge is 0.374 e. The summed E-state index contributed by atoms with van der Waals surface area (Å²) in [6.45, 7) is 3.68. The molecule has 8 nitrogen and oxygen atoms in total. The van der Waals surface area contributed by atoms with E-state index in [2.05, 4.69) is 20.6 Å². The molecule has 0 atom stereocenters. The molecule has 1 rings (SSSR count). The van der Waals surface area contributed by atoms with Gasteiger partial charge in [0.15, 0.2) is 5.82 Å². The Balaban J connectivity index is 2.48. The first kappa shape index (κ1) is 16.1. The van der Waals surface area contributed by atoms with Gasteiger partial charge in [-0.1, -0.05) is 0 Å². The number of ether oxygens (including phenoxy) is 2. The molecule has 0 aromatic carbocycles. The van der Waals surface area contributed by atoms with Gasteiger partial charge in [-0.25, -0.2) is 9.97 Å². The van der Waals surface area contributed by atoms with Crippen molar-refractivity contribution in [1.82, 2.24) is 9.97 Å². The van der Waals surface area contributed by atoms with E-state index < -0.39 is 5.91 Å². The minimum absolute atomic E-state index is 0.0805. The van der Waals surface area contributed by atoms with E-state index in [-0.39, 0.29) is 6.61 Å². The second-order valence-corrected chi connectivity index (χ2v) is 3.89. The Hall–Kier alpha value is -1.93. The van der Waals surface area contributed by atoms with Crippen molar-refractivity contribution in [2.75, 3.05) is 44.0 Å². The number of hydrogen-bond donors (Lipinski definition) is 3. The predicted octanol–water partition coefficient (Wildman–Crippen LogP) is -0.0314. The van der Waals surface area contributed by atoms with Crippen LogP contribution in [0.3, 0.4) is 0 Å². The summed E-state index contributed by atoms with van der Waals surface area (Å²) in [6.07, 6.45) is 0. The molecule has 0 saturated heterocycles. The number of amides is 1. The van der Waals surface area contributed by atoms with Crippen LogP contribution in [0.2, 0.25) is 0 Å². The molecule has 1 heterocycles. The minimum atomic E-state index is -0.483. The van der Waals surface area contributed by atoms with Gasteiger partial charge in [0, 0.05) is 26.3 Å². The van der Waals surface area contributed by atoms with Gasteiger partial charge in [0.25, 0.3) is 0 Å². The molecule has 1 aromatic heterocycles. The van der Waals surface area contributed by atoms with Crippen LogP contribution in [0, 0.1) is 0 Å².